The van der Waals surface area contributed by atoms with Gasteiger partial charge in [-0.05, 0) is 50.6 Å². The molecule has 142 valence electrons. The van der Waals surface area contributed by atoms with E-state index in [1.54, 1.807) is 4.90 Å². The Labute approximate surface area is 160 Å². The van der Waals surface area contributed by atoms with E-state index in [-0.39, 0.29) is 30.3 Å². The van der Waals surface area contributed by atoms with Crippen molar-refractivity contribution in [2.45, 2.75) is 39.8 Å². The quantitative estimate of drug-likeness (QED) is 0.847. The molecule has 1 aliphatic rings. The Balaban J connectivity index is 1.56. The number of carbonyl (C=O) groups is 2. The number of likely N-dealkylation sites (tertiary alicyclic amines) is 1. The van der Waals surface area contributed by atoms with Crippen molar-refractivity contribution in [3.05, 3.63) is 59.7 Å². The minimum absolute atomic E-state index is 0.0245. The SMILES string of the molecule is Cc1ccc(CN2CC(C(=O)Nc3ccc(OC(C)C)cc3)CC2=O)cc1. The van der Waals surface area contributed by atoms with E-state index in [9.17, 15) is 9.59 Å². The molecule has 2 amide bonds. The van der Waals surface area contributed by atoms with Gasteiger partial charge in [0.25, 0.3) is 0 Å². The van der Waals surface area contributed by atoms with Gasteiger partial charge in [0.05, 0.1) is 12.0 Å². The number of hydrogen-bond donors (Lipinski definition) is 1. The van der Waals surface area contributed by atoms with Gasteiger partial charge in [0, 0.05) is 25.2 Å². The largest absolute Gasteiger partial charge is 0.491 e. The highest BCUT2D eigenvalue weighted by molar-refractivity contribution is 5.97. The van der Waals surface area contributed by atoms with E-state index in [2.05, 4.69) is 5.32 Å². The molecule has 0 bridgehead atoms. The molecule has 27 heavy (non-hydrogen) atoms. The lowest BCUT2D eigenvalue weighted by atomic mass is 10.1. The zero-order valence-electron chi connectivity index (χ0n) is 16.1. The van der Waals surface area contributed by atoms with Crippen molar-refractivity contribution in [2.75, 3.05) is 11.9 Å². The van der Waals surface area contributed by atoms with Crippen LogP contribution in [0.1, 0.15) is 31.4 Å². The first-order chi connectivity index (χ1) is 12.9. The molecule has 0 aromatic heterocycles. The Bertz CT molecular complexity index is 797. The lowest BCUT2D eigenvalue weighted by Crippen LogP contribution is -2.28. The lowest BCUT2D eigenvalue weighted by molar-refractivity contribution is -0.128. The van der Waals surface area contributed by atoms with Gasteiger partial charge in [-0.1, -0.05) is 29.8 Å². The number of benzene rings is 2. The Morgan fingerprint density at radius 1 is 1.15 bits per heavy atom. The summed E-state index contributed by atoms with van der Waals surface area (Å²) < 4.78 is 5.60. The summed E-state index contributed by atoms with van der Waals surface area (Å²) in [7, 11) is 0. The third-order valence-electron chi connectivity index (χ3n) is 4.57. The predicted octanol–water partition coefficient (Wildman–Crippen LogP) is 3.77. The van der Waals surface area contributed by atoms with Gasteiger partial charge in [-0.15, -0.1) is 0 Å². The highest BCUT2D eigenvalue weighted by Crippen LogP contribution is 2.23. The minimum atomic E-state index is -0.325. The number of amides is 2. The van der Waals surface area contributed by atoms with Crippen molar-refractivity contribution in [1.82, 2.24) is 4.90 Å². The molecule has 3 rings (SSSR count). The van der Waals surface area contributed by atoms with Gasteiger partial charge in [0.2, 0.25) is 11.8 Å². The molecule has 1 saturated heterocycles. The number of nitrogens with one attached hydrogen (secondary N) is 1. The summed E-state index contributed by atoms with van der Waals surface area (Å²) in [6.07, 6.45) is 0.362. The van der Waals surface area contributed by atoms with E-state index >= 15 is 0 Å². The van der Waals surface area contributed by atoms with Crippen LogP contribution in [0.5, 0.6) is 5.75 Å². The van der Waals surface area contributed by atoms with Crippen LogP contribution < -0.4 is 10.1 Å². The molecule has 1 unspecified atom stereocenters. The van der Waals surface area contributed by atoms with Crippen LogP contribution in [0, 0.1) is 12.8 Å². The number of nitrogens with zero attached hydrogens (tertiary/aromatic N) is 1. The van der Waals surface area contributed by atoms with E-state index in [0.29, 0.717) is 18.8 Å². The highest BCUT2D eigenvalue weighted by atomic mass is 16.5. The summed E-state index contributed by atoms with van der Waals surface area (Å²) >= 11 is 0. The van der Waals surface area contributed by atoms with Crippen LogP contribution in [-0.2, 0) is 16.1 Å². The van der Waals surface area contributed by atoms with Gasteiger partial charge in [0.15, 0.2) is 0 Å². The Morgan fingerprint density at radius 3 is 2.44 bits per heavy atom. The van der Waals surface area contributed by atoms with Gasteiger partial charge in [-0.2, -0.15) is 0 Å². The molecule has 1 aliphatic heterocycles. The molecule has 1 N–H and O–H groups in total. The number of aryl methyl sites for hydroxylation is 1. The van der Waals surface area contributed by atoms with Gasteiger partial charge >= 0.3 is 0 Å². The van der Waals surface area contributed by atoms with Crippen molar-refractivity contribution in [1.29, 1.82) is 0 Å². The topological polar surface area (TPSA) is 58.6 Å². The molecule has 5 heteroatoms. The van der Waals surface area contributed by atoms with E-state index in [0.717, 1.165) is 11.3 Å². The summed E-state index contributed by atoms with van der Waals surface area (Å²) in [5.74, 6) is 0.349. The monoisotopic (exact) mass is 366 g/mol. The molecule has 2 aromatic carbocycles. The summed E-state index contributed by atoms with van der Waals surface area (Å²) in [5.41, 5.74) is 2.98. The molecule has 5 nitrogen and oxygen atoms in total. The van der Waals surface area contributed by atoms with Crippen LogP contribution in [0.15, 0.2) is 48.5 Å². The van der Waals surface area contributed by atoms with Crippen molar-refractivity contribution in [2.24, 2.45) is 5.92 Å². The Morgan fingerprint density at radius 2 is 1.81 bits per heavy atom. The maximum absolute atomic E-state index is 12.5. The smallest absolute Gasteiger partial charge is 0.229 e. The minimum Gasteiger partial charge on any atom is -0.491 e. The van der Waals surface area contributed by atoms with Crippen molar-refractivity contribution in [3.8, 4) is 5.75 Å². The van der Waals surface area contributed by atoms with Crippen LogP contribution in [0.3, 0.4) is 0 Å². The molecule has 0 radical (unpaired) electrons. The number of ether oxygens (including phenoxy) is 1. The maximum atomic E-state index is 12.5. The second-order valence-corrected chi connectivity index (χ2v) is 7.34. The molecule has 1 heterocycles. The molecule has 0 saturated carbocycles. The number of anilines is 1. The van der Waals surface area contributed by atoms with E-state index in [1.807, 2.05) is 69.3 Å². The lowest BCUT2D eigenvalue weighted by Gasteiger charge is -2.17. The Hall–Kier alpha value is -2.82. The summed E-state index contributed by atoms with van der Waals surface area (Å²) in [6, 6.07) is 15.4. The molecular formula is C22H26N2O3. The van der Waals surface area contributed by atoms with Crippen molar-refractivity contribution in [3.63, 3.8) is 0 Å². The maximum Gasteiger partial charge on any atom is 0.229 e. The third-order valence-corrected chi connectivity index (χ3v) is 4.57. The fourth-order valence-electron chi connectivity index (χ4n) is 3.15. The van der Waals surface area contributed by atoms with Gasteiger partial charge in [0.1, 0.15) is 5.75 Å². The molecular weight excluding hydrogens is 340 g/mol. The standard InChI is InChI=1S/C22H26N2O3/c1-15(2)27-20-10-8-19(9-11-20)23-22(26)18-12-21(25)24(14-18)13-17-6-4-16(3)5-7-17/h4-11,15,18H,12-14H2,1-3H3,(H,23,26). The number of carbonyl (C=O) groups excluding carboxylic acids is 2. The number of rotatable bonds is 6. The average molecular weight is 366 g/mol. The molecule has 1 atom stereocenters. The van der Waals surface area contributed by atoms with Crippen LogP contribution >= 0.6 is 0 Å². The third kappa shape index (κ3) is 5.09. The van der Waals surface area contributed by atoms with Gasteiger partial charge in [-0.3, -0.25) is 9.59 Å². The highest BCUT2D eigenvalue weighted by Gasteiger charge is 2.34. The molecule has 0 aliphatic carbocycles. The van der Waals surface area contributed by atoms with E-state index < -0.39 is 0 Å². The van der Waals surface area contributed by atoms with Crippen molar-refractivity contribution >= 4 is 17.5 Å². The summed E-state index contributed by atoms with van der Waals surface area (Å²) in [5, 5.41) is 2.90. The first-order valence-electron chi connectivity index (χ1n) is 9.31. The van der Waals surface area contributed by atoms with Crippen molar-refractivity contribution < 1.29 is 14.3 Å². The summed E-state index contributed by atoms with van der Waals surface area (Å²) in [4.78, 5) is 26.6. The van der Waals surface area contributed by atoms with Crippen LogP contribution in [0.4, 0.5) is 5.69 Å². The zero-order chi connectivity index (χ0) is 19.4. The fourth-order valence-corrected chi connectivity index (χ4v) is 3.15. The number of hydrogen-bond acceptors (Lipinski definition) is 3. The normalized spacial score (nSPS) is 16.7. The zero-order valence-corrected chi connectivity index (χ0v) is 16.1. The molecule has 0 spiro atoms. The summed E-state index contributed by atoms with van der Waals surface area (Å²) in [6.45, 7) is 6.97. The average Bonchev–Trinajstić information content (AvgIpc) is 2.99. The van der Waals surface area contributed by atoms with Gasteiger partial charge in [-0.25, -0.2) is 0 Å². The second-order valence-electron chi connectivity index (χ2n) is 7.34. The molecule has 2 aromatic rings. The predicted molar refractivity (Wildman–Crippen MR) is 106 cm³/mol. The van der Waals surface area contributed by atoms with Crippen LogP contribution in [0.2, 0.25) is 0 Å². The fraction of sp³-hybridized carbons (Fsp3) is 0.364. The van der Waals surface area contributed by atoms with E-state index in [1.165, 1.54) is 5.56 Å². The molecule has 1 fully saturated rings. The van der Waals surface area contributed by atoms with Gasteiger partial charge < -0.3 is 15.0 Å². The van der Waals surface area contributed by atoms with E-state index in [4.69, 9.17) is 4.74 Å². The van der Waals surface area contributed by atoms with Crippen LogP contribution in [-0.4, -0.2) is 29.4 Å². The first-order valence-corrected chi connectivity index (χ1v) is 9.31. The Kier molecular flexibility index (Phi) is 5.79. The second kappa shape index (κ2) is 8.25. The first kappa shape index (κ1) is 19.0. The van der Waals surface area contributed by atoms with Crippen LogP contribution in [0.25, 0.3) is 0 Å².